The molecule has 1 fully saturated rings. The third kappa shape index (κ3) is 3.22. The van der Waals surface area contributed by atoms with Gasteiger partial charge in [0, 0.05) is 37.1 Å². The molecule has 0 radical (unpaired) electrons. The van der Waals surface area contributed by atoms with Crippen LogP contribution in [0.3, 0.4) is 0 Å². The van der Waals surface area contributed by atoms with Crippen LogP contribution in [0.15, 0.2) is 28.1 Å². The van der Waals surface area contributed by atoms with E-state index in [0.717, 1.165) is 52.8 Å². The van der Waals surface area contributed by atoms with Crippen LogP contribution >= 0.6 is 27.3 Å². The molecule has 0 aliphatic carbocycles. The van der Waals surface area contributed by atoms with Gasteiger partial charge in [-0.1, -0.05) is 0 Å². The molecule has 0 spiro atoms. The normalized spacial score (nSPS) is 16.2. The second kappa shape index (κ2) is 6.34. The van der Waals surface area contributed by atoms with E-state index in [9.17, 15) is 0 Å². The summed E-state index contributed by atoms with van der Waals surface area (Å²) in [7, 11) is 3.84. The van der Waals surface area contributed by atoms with Gasteiger partial charge in [-0.25, -0.2) is 4.98 Å². The summed E-state index contributed by atoms with van der Waals surface area (Å²) in [5.41, 5.74) is 2.14. The topological polar surface area (TPSA) is 28.6 Å². The quantitative estimate of drug-likeness (QED) is 0.831. The fraction of sp³-hybridized carbons (Fsp3) is 0.400. The molecular weight excluding hydrogens is 350 g/mol. The van der Waals surface area contributed by atoms with E-state index < -0.39 is 0 Å². The number of nitrogens with zero attached hydrogens (tertiary/aromatic N) is 3. The Morgan fingerprint density at radius 1 is 1.24 bits per heavy atom. The summed E-state index contributed by atoms with van der Waals surface area (Å²) in [6, 6.07) is 6.07. The lowest BCUT2D eigenvalue weighted by Gasteiger charge is -2.32. The number of hydrogen-bond donors (Lipinski definition) is 0. The molecule has 1 aromatic carbocycles. The Bertz CT molecular complexity index is 623. The highest BCUT2D eigenvalue weighted by Crippen LogP contribution is 2.33. The summed E-state index contributed by atoms with van der Waals surface area (Å²) >= 11 is 5.25. The van der Waals surface area contributed by atoms with Crippen LogP contribution in [-0.4, -0.2) is 50.2 Å². The van der Waals surface area contributed by atoms with Gasteiger partial charge in [0.2, 0.25) is 0 Å². The highest BCUT2D eigenvalue weighted by molar-refractivity contribution is 9.10. The van der Waals surface area contributed by atoms with Crippen molar-refractivity contribution in [1.82, 2.24) is 9.88 Å². The summed E-state index contributed by atoms with van der Waals surface area (Å²) < 4.78 is 6.22. The standard InChI is InChI=1S/C15H18BrN3OS/c1-18-5-7-19(8-6-18)15-17-13(10-21-15)11-3-4-14(20-2)12(16)9-11/h3-4,9-10H,5-8H2,1-2H3. The maximum absolute atomic E-state index is 5.27. The monoisotopic (exact) mass is 367 g/mol. The molecule has 112 valence electrons. The Labute approximate surface area is 137 Å². The number of likely N-dealkylation sites (N-methyl/N-ethyl adjacent to an activating group) is 1. The second-order valence-electron chi connectivity index (χ2n) is 5.15. The van der Waals surface area contributed by atoms with Gasteiger partial charge in [-0.15, -0.1) is 11.3 Å². The van der Waals surface area contributed by atoms with Gasteiger partial charge >= 0.3 is 0 Å². The number of anilines is 1. The van der Waals surface area contributed by atoms with E-state index in [4.69, 9.17) is 9.72 Å². The van der Waals surface area contributed by atoms with Gasteiger partial charge in [0.25, 0.3) is 0 Å². The summed E-state index contributed by atoms with van der Waals surface area (Å²) in [6.45, 7) is 4.30. The summed E-state index contributed by atoms with van der Waals surface area (Å²) in [4.78, 5) is 9.51. The van der Waals surface area contributed by atoms with E-state index in [0.29, 0.717) is 0 Å². The Morgan fingerprint density at radius 3 is 2.67 bits per heavy atom. The summed E-state index contributed by atoms with van der Waals surface area (Å²) in [6.07, 6.45) is 0. The lowest BCUT2D eigenvalue weighted by molar-refractivity contribution is 0.313. The van der Waals surface area contributed by atoms with Crippen molar-refractivity contribution in [1.29, 1.82) is 0 Å². The summed E-state index contributed by atoms with van der Waals surface area (Å²) in [5.74, 6) is 0.841. The van der Waals surface area contributed by atoms with Crippen LogP contribution in [0.1, 0.15) is 0 Å². The maximum Gasteiger partial charge on any atom is 0.185 e. The lowest BCUT2D eigenvalue weighted by atomic mass is 10.2. The van der Waals surface area contributed by atoms with Crippen molar-refractivity contribution < 1.29 is 4.74 Å². The molecule has 6 heteroatoms. The number of halogens is 1. The fourth-order valence-electron chi connectivity index (χ4n) is 2.37. The molecule has 0 amide bonds. The minimum Gasteiger partial charge on any atom is -0.496 e. The van der Waals surface area contributed by atoms with Crippen molar-refractivity contribution in [3.05, 3.63) is 28.1 Å². The number of benzene rings is 1. The van der Waals surface area contributed by atoms with Crippen LogP contribution in [0.4, 0.5) is 5.13 Å². The van der Waals surface area contributed by atoms with Crippen molar-refractivity contribution in [2.75, 3.05) is 45.2 Å². The van der Waals surface area contributed by atoms with E-state index in [2.05, 4.69) is 44.2 Å². The molecule has 0 N–H and O–H groups in total. The summed E-state index contributed by atoms with van der Waals surface area (Å²) in [5, 5.41) is 3.24. The maximum atomic E-state index is 5.27. The smallest absolute Gasteiger partial charge is 0.185 e. The van der Waals surface area contributed by atoms with E-state index in [1.165, 1.54) is 0 Å². The third-order valence-corrected chi connectivity index (χ3v) is 5.23. The predicted molar refractivity (Wildman–Crippen MR) is 91.5 cm³/mol. The lowest BCUT2D eigenvalue weighted by Crippen LogP contribution is -2.44. The molecule has 0 unspecified atom stereocenters. The number of piperazine rings is 1. The highest BCUT2D eigenvalue weighted by Gasteiger charge is 2.17. The Hall–Kier alpha value is -1.11. The first-order chi connectivity index (χ1) is 10.2. The number of rotatable bonds is 3. The van der Waals surface area contributed by atoms with Crippen LogP contribution in [0.5, 0.6) is 5.75 Å². The average Bonchev–Trinajstić information content (AvgIpc) is 2.98. The van der Waals surface area contributed by atoms with E-state index in [-0.39, 0.29) is 0 Å². The third-order valence-electron chi connectivity index (χ3n) is 3.71. The molecule has 1 aliphatic heterocycles. The molecule has 0 bridgehead atoms. The van der Waals surface area contributed by atoms with Crippen LogP contribution in [0.2, 0.25) is 0 Å². The van der Waals surface area contributed by atoms with E-state index >= 15 is 0 Å². The van der Waals surface area contributed by atoms with Gasteiger partial charge in [0.15, 0.2) is 5.13 Å². The zero-order chi connectivity index (χ0) is 14.8. The molecule has 1 aliphatic rings. The predicted octanol–water partition coefficient (Wildman–Crippen LogP) is 3.33. The van der Waals surface area contributed by atoms with Gasteiger partial charge in [-0.3, -0.25) is 0 Å². The first-order valence-electron chi connectivity index (χ1n) is 6.90. The second-order valence-corrected chi connectivity index (χ2v) is 6.85. The fourth-order valence-corrected chi connectivity index (χ4v) is 3.79. The van der Waals surface area contributed by atoms with Gasteiger partial charge in [0.1, 0.15) is 5.75 Å². The van der Waals surface area contributed by atoms with Crippen molar-refractivity contribution >= 4 is 32.4 Å². The van der Waals surface area contributed by atoms with Crippen molar-refractivity contribution in [3.63, 3.8) is 0 Å². The van der Waals surface area contributed by atoms with Crippen LogP contribution in [0, 0.1) is 0 Å². The number of methoxy groups -OCH3 is 1. The molecule has 2 aromatic rings. The van der Waals surface area contributed by atoms with E-state index in [1.807, 2.05) is 12.1 Å². The van der Waals surface area contributed by atoms with Crippen molar-refractivity contribution in [2.45, 2.75) is 0 Å². The largest absolute Gasteiger partial charge is 0.496 e. The van der Waals surface area contributed by atoms with Gasteiger partial charge in [0.05, 0.1) is 17.3 Å². The average molecular weight is 368 g/mol. The molecule has 1 aromatic heterocycles. The Kier molecular flexibility index (Phi) is 4.47. The molecule has 0 atom stereocenters. The number of hydrogen-bond acceptors (Lipinski definition) is 5. The first-order valence-corrected chi connectivity index (χ1v) is 8.57. The van der Waals surface area contributed by atoms with Crippen molar-refractivity contribution in [2.24, 2.45) is 0 Å². The van der Waals surface area contributed by atoms with Gasteiger partial charge in [-0.2, -0.15) is 0 Å². The Morgan fingerprint density at radius 2 is 2.00 bits per heavy atom. The van der Waals surface area contributed by atoms with Crippen LogP contribution < -0.4 is 9.64 Å². The van der Waals surface area contributed by atoms with Gasteiger partial charge in [-0.05, 0) is 41.2 Å². The Balaban J connectivity index is 1.80. The van der Waals surface area contributed by atoms with Crippen molar-refractivity contribution in [3.8, 4) is 17.0 Å². The molecule has 0 saturated carbocycles. The van der Waals surface area contributed by atoms with Crippen LogP contribution in [0.25, 0.3) is 11.3 Å². The van der Waals surface area contributed by atoms with E-state index in [1.54, 1.807) is 18.4 Å². The number of ether oxygens (including phenoxy) is 1. The van der Waals surface area contributed by atoms with Gasteiger partial charge < -0.3 is 14.5 Å². The van der Waals surface area contributed by atoms with Crippen LogP contribution in [-0.2, 0) is 0 Å². The minimum absolute atomic E-state index is 0.841. The molecule has 1 saturated heterocycles. The zero-order valence-electron chi connectivity index (χ0n) is 12.2. The first kappa shape index (κ1) is 14.8. The number of thiazole rings is 1. The molecular formula is C15H18BrN3OS. The molecule has 3 rings (SSSR count). The number of aromatic nitrogens is 1. The SMILES string of the molecule is COc1ccc(-c2csc(N3CCN(C)CC3)n2)cc1Br. The minimum atomic E-state index is 0.841. The zero-order valence-corrected chi connectivity index (χ0v) is 14.6. The molecule has 4 nitrogen and oxygen atoms in total. The highest BCUT2D eigenvalue weighted by atomic mass is 79.9. The molecule has 21 heavy (non-hydrogen) atoms. The molecule has 2 heterocycles.